The Morgan fingerprint density at radius 3 is 1.94 bits per heavy atom. The number of fused-ring (bicyclic) bond motifs is 3. The Morgan fingerprint density at radius 1 is 0.816 bits per heavy atom. The number of aromatic hydroxyl groups is 1. The normalized spacial score (nSPS) is 20.4. The molecule has 2 aromatic carbocycles. The number of nitrogens with two attached hydrogens (primary N) is 1. The highest BCUT2D eigenvalue weighted by atomic mass is 16.7. The van der Waals surface area contributed by atoms with Gasteiger partial charge in [-0.2, -0.15) is 0 Å². The van der Waals surface area contributed by atoms with Crippen LogP contribution in [-0.2, 0) is 14.3 Å². The number of methoxy groups -OCH3 is 2. The lowest BCUT2D eigenvalue weighted by atomic mass is 9.65. The first-order chi connectivity index (χ1) is 24.0. The maximum Gasteiger partial charge on any atom is 0.310 e. The number of hydrogen-bond acceptors (Lipinski definition) is 12. The number of esters is 1. The number of unbranched alkanes of at least 4 members (excludes halogenated alkanes) is 3. The van der Waals surface area contributed by atoms with Crippen LogP contribution in [0.5, 0.6) is 28.7 Å². The van der Waals surface area contributed by atoms with E-state index in [4.69, 9.17) is 29.4 Å². The highest BCUT2D eigenvalue weighted by Gasteiger charge is 2.53. The second-order valence-corrected chi connectivity index (χ2v) is 12.9. The average molecular weight is 684 g/mol. The standard InChI is InChI=1S/C36H53N5O8/c1-45-29-17-23(18-30(46-2)35(29)43)32-24-19-27-28(49-22-48-27)20-25(24)34(26-21-47-36(44)33(26)32)41-31(42)9-16-40-15-8-7-14-39-13-6-5-12-38-11-4-3-10-37/h17-20,26,32-34,38-40,43H,3-16,21-22,37H2,1-2H3,(H,41,42)/t26-,32?,33-,34+/m0/s1. The molecule has 1 amide bonds. The highest BCUT2D eigenvalue weighted by Crippen LogP contribution is 2.55. The van der Waals surface area contributed by atoms with Gasteiger partial charge in [0.1, 0.15) is 0 Å². The van der Waals surface area contributed by atoms with E-state index in [1.807, 2.05) is 12.1 Å². The summed E-state index contributed by atoms with van der Waals surface area (Å²) < 4.78 is 28.0. The summed E-state index contributed by atoms with van der Waals surface area (Å²) in [5, 5.41) is 24.2. The van der Waals surface area contributed by atoms with Crippen LogP contribution in [-0.4, -0.2) is 90.4 Å². The summed E-state index contributed by atoms with van der Waals surface area (Å²) in [6.07, 6.45) is 6.96. The van der Waals surface area contributed by atoms with Crippen molar-refractivity contribution in [2.24, 2.45) is 17.6 Å². The van der Waals surface area contributed by atoms with Gasteiger partial charge in [-0.1, -0.05) is 0 Å². The van der Waals surface area contributed by atoms with E-state index in [-0.39, 0.29) is 48.4 Å². The molecule has 3 aliphatic rings. The monoisotopic (exact) mass is 683 g/mol. The predicted octanol–water partition coefficient (Wildman–Crippen LogP) is 2.69. The number of carbonyl (C=O) groups is 2. The van der Waals surface area contributed by atoms with Gasteiger partial charge < -0.3 is 55.8 Å². The summed E-state index contributed by atoms with van der Waals surface area (Å²) in [4.78, 5) is 26.7. The van der Waals surface area contributed by atoms with Crippen LogP contribution in [0.2, 0.25) is 0 Å². The number of cyclic esters (lactones) is 1. The zero-order valence-electron chi connectivity index (χ0n) is 28.8. The van der Waals surface area contributed by atoms with Crippen molar-refractivity contribution in [1.82, 2.24) is 21.3 Å². The molecule has 0 aromatic heterocycles. The van der Waals surface area contributed by atoms with E-state index in [0.717, 1.165) is 82.5 Å². The zero-order valence-corrected chi connectivity index (χ0v) is 28.8. The molecule has 1 unspecified atom stereocenters. The smallest absolute Gasteiger partial charge is 0.310 e. The van der Waals surface area contributed by atoms with Crippen LogP contribution in [0.3, 0.4) is 0 Å². The number of ether oxygens (including phenoxy) is 5. The minimum absolute atomic E-state index is 0.0887. The molecule has 1 fully saturated rings. The summed E-state index contributed by atoms with van der Waals surface area (Å²) in [6.45, 7) is 6.54. The number of nitrogens with one attached hydrogen (secondary N) is 4. The Hall–Kier alpha value is -3.78. The van der Waals surface area contributed by atoms with Gasteiger partial charge in [0.15, 0.2) is 23.0 Å². The molecule has 2 aromatic rings. The van der Waals surface area contributed by atoms with Crippen molar-refractivity contribution in [3.63, 3.8) is 0 Å². The van der Waals surface area contributed by atoms with Crippen molar-refractivity contribution in [1.29, 1.82) is 0 Å². The van der Waals surface area contributed by atoms with E-state index in [1.165, 1.54) is 20.6 Å². The fourth-order valence-corrected chi connectivity index (χ4v) is 7.06. The van der Waals surface area contributed by atoms with Crippen LogP contribution in [0.4, 0.5) is 0 Å². The van der Waals surface area contributed by atoms with Crippen molar-refractivity contribution in [2.45, 2.75) is 56.9 Å². The van der Waals surface area contributed by atoms with Crippen LogP contribution in [0, 0.1) is 11.8 Å². The third-order valence-corrected chi connectivity index (χ3v) is 9.62. The van der Waals surface area contributed by atoms with E-state index in [9.17, 15) is 14.7 Å². The van der Waals surface area contributed by atoms with Crippen LogP contribution in [0.15, 0.2) is 24.3 Å². The van der Waals surface area contributed by atoms with Crippen molar-refractivity contribution in [3.05, 3.63) is 41.0 Å². The van der Waals surface area contributed by atoms with Gasteiger partial charge in [0.2, 0.25) is 18.4 Å². The molecule has 49 heavy (non-hydrogen) atoms. The first kappa shape index (κ1) is 36.5. The maximum atomic E-state index is 13.4. The van der Waals surface area contributed by atoms with E-state index >= 15 is 0 Å². The average Bonchev–Trinajstić information content (AvgIpc) is 3.73. The molecule has 0 bridgehead atoms. The van der Waals surface area contributed by atoms with Crippen molar-refractivity contribution < 1.29 is 38.4 Å². The van der Waals surface area contributed by atoms with E-state index in [2.05, 4.69) is 21.3 Å². The Kier molecular flexibility index (Phi) is 13.6. The quantitative estimate of drug-likeness (QED) is 0.0840. The zero-order chi connectivity index (χ0) is 34.6. The molecule has 0 radical (unpaired) electrons. The van der Waals surface area contributed by atoms with Gasteiger partial charge in [-0.3, -0.25) is 9.59 Å². The fourth-order valence-electron chi connectivity index (χ4n) is 7.06. The van der Waals surface area contributed by atoms with Gasteiger partial charge in [-0.15, -0.1) is 0 Å². The molecule has 1 saturated heterocycles. The second-order valence-electron chi connectivity index (χ2n) is 12.9. The first-order valence-corrected chi connectivity index (χ1v) is 17.6. The van der Waals surface area contributed by atoms with Gasteiger partial charge >= 0.3 is 5.97 Å². The lowest BCUT2D eigenvalue weighted by molar-refractivity contribution is -0.141. The molecule has 0 spiro atoms. The molecule has 13 nitrogen and oxygen atoms in total. The maximum absolute atomic E-state index is 13.4. The summed E-state index contributed by atoms with van der Waals surface area (Å²) in [5.41, 5.74) is 7.88. The Balaban J connectivity index is 1.14. The molecule has 7 N–H and O–H groups in total. The summed E-state index contributed by atoms with van der Waals surface area (Å²) in [7, 11) is 2.93. The van der Waals surface area contributed by atoms with Gasteiger partial charge in [0.05, 0.1) is 32.8 Å². The number of hydrogen-bond donors (Lipinski definition) is 6. The third kappa shape index (κ3) is 9.07. The molecule has 270 valence electrons. The van der Waals surface area contributed by atoms with E-state index in [0.29, 0.717) is 30.0 Å². The highest BCUT2D eigenvalue weighted by molar-refractivity contribution is 5.81. The number of phenols is 1. The van der Waals surface area contributed by atoms with Crippen molar-refractivity contribution in [2.75, 3.05) is 73.4 Å². The minimum Gasteiger partial charge on any atom is -0.502 e. The summed E-state index contributed by atoms with van der Waals surface area (Å²) in [5.74, 6) is -0.343. The first-order valence-electron chi connectivity index (χ1n) is 17.6. The lowest BCUT2D eigenvalue weighted by Gasteiger charge is -2.39. The molecule has 1 aliphatic carbocycles. The number of carbonyl (C=O) groups excluding carboxylic acids is 2. The summed E-state index contributed by atoms with van der Waals surface area (Å²) >= 11 is 0. The van der Waals surface area contributed by atoms with Gasteiger partial charge in [0, 0.05) is 24.8 Å². The fraction of sp³-hybridized carbons (Fsp3) is 0.611. The molecule has 13 heteroatoms. The SMILES string of the molecule is COc1cc(C2c3cc4c(cc3[C@@H](NC(=O)CCNCCCCNCCCCNCCCCN)[C@H]3COC(=O)[C@H]23)OCO4)cc(OC)c1O. The molecule has 4 atom stereocenters. The van der Waals surface area contributed by atoms with Crippen LogP contribution < -0.4 is 45.9 Å². The lowest BCUT2D eigenvalue weighted by Crippen LogP contribution is -2.43. The van der Waals surface area contributed by atoms with Crippen molar-refractivity contribution >= 4 is 11.9 Å². The topological polar surface area (TPSA) is 175 Å². The molecule has 2 heterocycles. The number of phenolic OH excluding ortho intramolecular Hbond substituents is 1. The van der Waals surface area contributed by atoms with Gasteiger partial charge in [-0.05, 0) is 119 Å². The number of rotatable bonds is 21. The molecule has 5 rings (SSSR count). The Labute approximate surface area is 288 Å². The van der Waals surface area contributed by atoms with Crippen LogP contribution >= 0.6 is 0 Å². The minimum atomic E-state index is -0.591. The number of amides is 1. The summed E-state index contributed by atoms with van der Waals surface area (Å²) in [6, 6.07) is 6.74. The Bertz CT molecular complexity index is 1380. The Morgan fingerprint density at radius 2 is 1.37 bits per heavy atom. The largest absolute Gasteiger partial charge is 0.502 e. The van der Waals surface area contributed by atoms with E-state index < -0.39 is 17.9 Å². The predicted molar refractivity (Wildman–Crippen MR) is 184 cm³/mol. The molecular weight excluding hydrogens is 630 g/mol. The van der Waals surface area contributed by atoms with Gasteiger partial charge in [-0.25, -0.2) is 0 Å². The van der Waals surface area contributed by atoms with Gasteiger partial charge in [0.25, 0.3) is 0 Å². The van der Waals surface area contributed by atoms with Crippen molar-refractivity contribution in [3.8, 4) is 28.7 Å². The van der Waals surface area contributed by atoms with Crippen LogP contribution in [0.1, 0.15) is 73.6 Å². The molecule has 0 saturated carbocycles. The third-order valence-electron chi connectivity index (χ3n) is 9.62. The molecular formula is C36H53N5O8. The second kappa shape index (κ2) is 18.3. The van der Waals surface area contributed by atoms with Crippen LogP contribution in [0.25, 0.3) is 0 Å². The van der Waals surface area contributed by atoms with E-state index in [1.54, 1.807) is 12.1 Å². The number of benzene rings is 2. The molecule has 2 aliphatic heterocycles.